The average molecular weight is 302 g/mol. The van der Waals surface area contributed by atoms with Gasteiger partial charge in [0.1, 0.15) is 0 Å². The monoisotopic (exact) mass is 302 g/mol. The Morgan fingerprint density at radius 2 is 2.00 bits per heavy atom. The molecule has 2 heteroatoms. The minimum absolute atomic E-state index is 0.237. The van der Waals surface area contributed by atoms with Crippen molar-refractivity contribution in [2.45, 2.75) is 53.6 Å². The highest BCUT2D eigenvalue weighted by Gasteiger charge is 2.26. The van der Waals surface area contributed by atoms with Crippen LogP contribution >= 0.6 is 0 Å². The molecule has 0 aromatic heterocycles. The largest absolute Gasteiger partial charge is 0.393 e. The standard InChI is InChI=1S/C20H30O2/c1-15(8-6-9-17(3)19(22)14-21)11-12-18-16(2)10-7-13-20(18,4)5/h6,8-12,19,21-22H,7,13-14H2,1-5H3/b8-6+,15-11+,17-9+,18-12-. The number of rotatable bonds is 5. The van der Waals surface area contributed by atoms with Gasteiger partial charge in [0.05, 0.1) is 12.7 Å². The summed E-state index contributed by atoms with van der Waals surface area (Å²) in [6, 6.07) is 0. The van der Waals surface area contributed by atoms with Crippen LogP contribution in [0.15, 0.2) is 58.7 Å². The van der Waals surface area contributed by atoms with Crippen LogP contribution in [0.2, 0.25) is 0 Å². The maximum Gasteiger partial charge on any atom is 0.0981 e. The molecular formula is C20H30O2. The molecule has 0 spiro atoms. The van der Waals surface area contributed by atoms with Crippen molar-refractivity contribution in [3.63, 3.8) is 0 Å². The van der Waals surface area contributed by atoms with Gasteiger partial charge in [-0.05, 0) is 50.2 Å². The van der Waals surface area contributed by atoms with Crippen LogP contribution in [0.4, 0.5) is 0 Å². The quantitative estimate of drug-likeness (QED) is 0.735. The van der Waals surface area contributed by atoms with Crippen LogP contribution in [0.25, 0.3) is 0 Å². The molecule has 2 N–H and O–H groups in total. The predicted molar refractivity (Wildman–Crippen MR) is 94.6 cm³/mol. The van der Waals surface area contributed by atoms with E-state index in [0.29, 0.717) is 0 Å². The summed E-state index contributed by atoms with van der Waals surface area (Å²) in [6.07, 6.45) is 14.0. The lowest BCUT2D eigenvalue weighted by atomic mass is 9.73. The molecule has 0 heterocycles. The summed E-state index contributed by atoms with van der Waals surface area (Å²) < 4.78 is 0. The summed E-state index contributed by atoms with van der Waals surface area (Å²) in [5, 5.41) is 18.3. The van der Waals surface area contributed by atoms with Crippen molar-refractivity contribution in [1.82, 2.24) is 0 Å². The molecule has 0 saturated heterocycles. The molecule has 1 aliphatic carbocycles. The third-order valence-electron chi connectivity index (χ3n) is 4.30. The van der Waals surface area contributed by atoms with Crippen LogP contribution in [0.3, 0.4) is 0 Å². The molecule has 1 aliphatic rings. The molecule has 2 nitrogen and oxygen atoms in total. The van der Waals surface area contributed by atoms with E-state index in [4.69, 9.17) is 5.11 Å². The highest BCUT2D eigenvalue weighted by molar-refractivity contribution is 5.40. The minimum Gasteiger partial charge on any atom is -0.393 e. The fraction of sp³-hybridized carbons (Fsp3) is 0.500. The summed E-state index contributed by atoms with van der Waals surface area (Å²) in [7, 11) is 0. The second-order valence-electron chi connectivity index (χ2n) is 6.77. The van der Waals surface area contributed by atoms with Crippen LogP contribution in [-0.4, -0.2) is 22.9 Å². The Balaban J connectivity index is 2.83. The lowest BCUT2D eigenvalue weighted by Gasteiger charge is -2.32. The summed E-state index contributed by atoms with van der Waals surface area (Å²) in [5.74, 6) is 0. The topological polar surface area (TPSA) is 40.5 Å². The number of hydrogen-bond donors (Lipinski definition) is 2. The van der Waals surface area contributed by atoms with Gasteiger partial charge in [-0.15, -0.1) is 0 Å². The lowest BCUT2D eigenvalue weighted by Crippen LogP contribution is -2.18. The molecule has 0 aromatic carbocycles. The molecule has 0 aromatic rings. The first-order valence-corrected chi connectivity index (χ1v) is 7.98. The average Bonchev–Trinajstić information content (AvgIpc) is 2.45. The van der Waals surface area contributed by atoms with Crippen LogP contribution < -0.4 is 0 Å². The maximum absolute atomic E-state index is 9.47. The van der Waals surface area contributed by atoms with Crippen molar-refractivity contribution in [2.24, 2.45) is 5.41 Å². The normalized spacial score (nSPS) is 23.0. The van der Waals surface area contributed by atoms with E-state index < -0.39 is 6.10 Å². The number of aliphatic hydroxyl groups is 2. The van der Waals surface area contributed by atoms with Crippen molar-refractivity contribution in [2.75, 3.05) is 6.61 Å². The van der Waals surface area contributed by atoms with E-state index in [2.05, 4.69) is 45.9 Å². The van der Waals surface area contributed by atoms with Gasteiger partial charge >= 0.3 is 0 Å². The summed E-state index contributed by atoms with van der Waals surface area (Å²) in [6.45, 7) is 10.4. The number of allylic oxidation sites excluding steroid dienone is 9. The lowest BCUT2D eigenvalue weighted by molar-refractivity contribution is 0.122. The molecule has 1 unspecified atom stereocenters. The van der Waals surface area contributed by atoms with Crippen molar-refractivity contribution >= 4 is 0 Å². The van der Waals surface area contributed by atoms with Gasteiger partial charge in [0.2, 0.25) is 0 Å². The Morgan fingerprint density at radius 1 is 1.32 bits per heavy atom. The Kier molecular flexibility index (Phi) is 7.05. The molecule has 1 atom stereocenters. The highest BCUT2D eigenvalue weighted by atomic mass is 16.3. The fourth-order valence-corrected chi connectivity index (χ4v) is 2.66. The maximum atomic E-state index is 9.47. The van der Waals surface area contributed by atoms with E-state index in [1.54, 1.807) is 0 Å². The summed E-state index contributed by atoms with van der Waals surface area (Å²) in [4.78, 5) is 0. The molecule has 0 radical (unpaired) electrons. The van der Waals surface area contributed by atoms with Crippen LogP contribution in [0, 0.1) is 5.41 Å². The van der Waals surface area contributed by atoms with Gasteiger partial charge in [0.15, 0.2) is 0 Å². The van der Waals surface area contributed by atoms with Crippen molar-refractivity contribution in [1.29, 1.82) is 0 Å². The van der Waals surface area contributed by atoms with Gasteiger partial charge < -0.3 is 10.2 Å². The van der Waals surface area contributed by atoms with E-state index in [1.165, 1.54) is 17.6 Å². The third-order valence-corrected chi connectivity index (χ3v) is 4.30. The zero-order chi connectivity index (χ0) is 16.8. The molecular weight excluding hydrogens is 272 g/mol. The Bertz CT molecular complexity index is 528. The second kappa shape index (κ2) is 8.30. The second-order valence-corrected chi connectivity index (χ2v) is 6.77. The third kappa shape index (κ3) is 5.43. The fourth-order valence-electron chi connectivity index (χ4n) is 2.66. The van der Waals surface area contributed by atoms with Crippen molar-refractivity contribution < 1.29 is 10.2 Å². The Morgan fingerprint density at radius 3 is 2.59 bits per heavy atom. The minimum atomic E-state index is -0.771. The van der Waals surface area contributed by atoms with E-state index in [0.717, 1.165) is 17.6 Å². The van der Waals surface area contributed by atoms with E-state index in [1.807, 2.05) is 25.2 Å². The molecule has 122 valence electrons. The number of hydrogen-bond acceptors (Lipinski definition) is 2. The molecule has 0 fully saturated rings. The summed E-state index contributed by atoms with van der Waals surface area (Å²) in [5.41, 5.74) is 4.95. The zero-order valence-electron chi connectivity index (χ0n) is 14.6. The first-order valence-electron chi connectivity index (χ1n) is 7.98. The van der Waals surface area contributed by atoms with Crippen LogP contribution in [0.1, 0.15) is 47.5 Å². The molecule has 0 amide bonds. The van der Waals surface area contributed by atoms with E-state index in [-0.39, 0.29) is 12.0 Å². The smallest absolute Gasteiger partial charge is 0.0981 e. The first-order chi connectivity index (χ1) is 10.3. The van der Waals surface area contributed by atoms with Gasteiger partial charge in [-0.2, -0.15) is 0 Å². The first kappa shape index (κ1) is 18.7. The van der Waals surface area contributed by atoms with E-state index >= 15 is 0 Å². The van der Waals surface area contributed by atoms with Crippen molar-refractivity contribution in [3.8, 4) is 0 Å². The van der Waals surface area contributed by atoms with Crippen LogP contribution in [0.5, 0.6) is 0 Å². The van der Waals surface area contributed by atoms with E-state index in [9.17, 15) is 5.11 Å². The van der Waals surface area contributed by atoms with Crippen molar-refractivity contribution in [3.05, 3.63) is 58.7 Å². The van der Waals surface area contributed by atoms with Gasteiger partial charge in [-0.1, -0.05) is 61.4 Å². The van der Waals surface area contributed by atoms with Gasteiger partial charge in [-0.25, -0.2) is 0 Å². The van der Waals surface area contributed by atoms with Gasteiger partial charge in [-0.3, -0.25) is 0 Å². The SMILES string of the molecule is CC1=CCCC(C)(C)\C1=C/C=C(C)/C=C/C=C(\C)C(O)CO. The molecule has 1 rings (SSSR count). The molecule has 0 bridgehead atoms. The van der Waals surface area contributed by atoms with Gasteiger partial charge in [0, 0.05) is 0 Å². The molecule has 22 heavy (non-hydrogen) atoms. The molecule has 0 saturated carbocycles. The Hall–Kier alpha value is -1.38. The Labute approximate surface area is 135 Å². The van der Waals surface area contributed by atoms with Crippen LogP contribution in [-0.2, 0) is 0 Å². The van der Waals surface area contributed by atoms with Gasteiger partial charge in [0.25, 0.3) is 0 Å². The number of aliphatic hydroxyl groups excluding tert-OH is 2. The predicted octanol–water partition coefficient (Wildman–Crippen LogP) is 4.48. The highest BCUT2D eigenvalue weighted by Crippen LogP contribution is 2.40. The zero-order valence-corrected chi connectivity index (χ0v) is 14.6. The summed E-state index contributed by atoms with van der Waals surface area (Å²) >= 11 is 0. The molecule has 0 aliphatic heterocycles.